The zero-order chi connectivity index (χ0) is 17.3. The molecule has 3 aromatic rings. The SMILES string of the molecule is Cc1cc(Nc2nc(C)c(C(=O)c3ccccc3)s2)cc(C)c1O. The summed E-state index contributed by atoms with van der Waals surface area (Å²) in [5.41, 5.74) is 3.81. The largest absolute Gasteiger partial charge is 0.507 e. The number of phenolic OH excluding ortho intramolecular Hbond substituents is 1. The standard InChI is InChI=1S/C19H18N2O2S/c1-11-9-15(10-12(2)16(11)22)21-19-20-13(3)18(24-19)17(23)14-7-5-4-6-8-14/h4-10,22H,1-3H3,(H,20,21). The van der Waals surface area contributed by atoms with E-state index in [-0.39, 0.29) is 5.78 Å². The Kier molecular flexibility index (Phi) is 4.36. The molecule has 0 radical (unpaired) electrons. The van der Waals surface area contributed by atoms with E-state index in [4.69, 9.17) is 0 Å². The molecule has 122 valence electrons. The molecule has 3 rings (SSSR count). The Morgan fingerprint density at radius 2 is 1.71 bits per heavy atom. The van der Waals surface area contributed by atoms with Crippen LogP contribution in [0.5, 0.6) is 5.75 Å². The van der Waals surface area contributed by atoms with Gasteiger partial charge in [-0.25, -0.2) is 4.98 Å². The Morgan fingerprint density at radius 3 is 2.33 bits per heavy atom. The number of ketones is 1. The third-order valence-electron chi connectivity index (χ3n) is 3.78. The molecule has 0 saturated heterocycles. The Labute approximate surface area is 144 Å². The summed E-state index contributed by atoms with van der Waals surface area (Å²) < 4.78 is 0. The van der Waals surface area contributed by atoms with E-state index >= 15 is 0 Å². The number of hydrogen-bond acceptors (Lipinski definition) is 5. The molecule has 0 atom stereocenters. The van der Waals surface area contributed by atoms with Gasteiger partial charge in [-0.15, -0.1) is 0 Å². The second-order valence-electron chi connectivity index (χ2n) is 5.71. The van der Waals surface area contributed by atoms with Gasteiger partial charge in [0.1, 0.15) is 5.75 Å². The van der Waals surface area contributed by atoms with Crippen molar-refractivity contribution in [2.45, 2.75) is 20.8 Å². The zero-order valence-electron chi connectivity index (χ0n) is 13.8. The van der Waals surface area contributed by atoms with E-state index in [1.165, 1.54) is 11.3 Å². The molecule has 1 aromatic heterocycles. The van der Waals surface area contributed by atoms with Gasteiger partial charge in [-0.3, -0.25) is 4.79 Å². The Balaban J connectivity index is 1.88. The lowest BCUT2D eigenvalue weighted by atomic mass is 10.1. The summed E-state index contributed by atoms with van der Waals surface area (Å²) in [6, 6.07) is 12.9. The van der Waals surface area contributed by atoms with E-state index in [2.05, 4.69) is 10.3 Å². The highest BCUT2D eigenvalue weighted by Gasteiger charge is 2.17. The molecule has 0 unspecified atom stereocenters. The molecule has 4 nitrogen and oxygen atoms in total. The number of carbonyl (C=O) groups excluding carboxylic acids is 1. The summed E-state index contributed by atoms with van der Waals surface area (Å²) in [5.74, 6) is 0.285. The number of thiazole rings is 1. The highest BCUT2D eigenvalue weighted by Crippen LogP contribution is 2.31. The third kappa shape index (κ3) is 3.16. The summed E-state index contributed by atoms with van der Waals surface area (Å²) in [6.45, 7) is 5.54. The van der Waals surface area contributed by atoms with Crippen molar-refractivity contribution >= 4 is 27.9 Å². The summed E-state index contributed by atoms with van der Waals surface area (Å²) in [6.07, 6.45) is 0. The van der Waals surface area contributed by atoms with Crippen molar-refractivity contribution in [2.75, 3.05) is 5.32 Å². The van der Waals surface area contributed by atoms with Crippen LogP contribution in [-0.2, 0) is 0 Å². The summed E-state index contributed by atoms with van der Waals surface area (Å²) >= 11 is 1.34. The van der Waals surface area contributed by atoms with Crippen LogP contribution in [0.3, 0.4) is 0 Å². The summed E-state index contributed by atoms with van der Waals surface area (Å²) in [5, 5.41) is 13.7. The first kappa shape index (κ1) is 16.2. The molecule has 0 saturated carbocycles. The number of benzene rings is 2. The zero-order valence-corrected chi connectivity index (χ0v) is 14.6. The number of carbonyl (C=O) groups is 1. The lowest BCUT2D eigenvalue weighted by Crippen LogP contribution is -1.99. The molecular weight excluding hydrogens is 320 g/mol. The lowest BCUT2D eigenvalue weighted by molar-refractivity contribution is 0.104. The fourth-order valence-electron chi connectivity index (χ4n) is 2.53. The maximum absolute atomic E-state index is 12.6. The van der Waals surface area contributed by atoms with Gasteiger partial charge in [0.2, 0.25) is 5.78 Å². The number of anilines is 2. The highest BCUT2D eigenvalue weighted by molar-refractivity contribution is 7.17. The number of aryl methyl sites for hydroxylation is 3. The van der Waals surface area contributed by atoms with Gasteiger partial charge in [-0.2, -0.15) is 0 Å². The smallest absolute Gasteiger partial charge is 0.204 e. The van der Waals surface area contributed by atoms with Gasteiger partial charge < -0.3 is 10.4 Å². The van der Waals surface area contributed by atoms with Crippen LogP contribution in [-0.4, -0.2) is 15.9 Å². The molecule has 0 aliphatic rings. The number of nitrogens with zero attached hydrogens (tertiary/aromatic N) is 1. The second-order valence-corrected chi connectivity index (χ2v) is 6.71. The van der Waals surface area contributed by atoms with E-state index in [0.29, 0.717) is 27.0 Å². The van der Waals surface area contributed by atoms with Gasteiger partial charge >= 0.3 is 0 Å². The van der Waals surface area contributed by atoms with E-state index in [9.17, 15) is 9.90 Å². The molecule has 2 aromatic carbocycles. The molecule has 1 heterocycles. The van der Waals surface area contributed by atoms with Crippen LogP contribution < -0.4 is 5.32 Å². The number of rotatable bonds is 4. The van der Waals surface area contributed by atoms with Crippen LogP contribution in [0.15, 0.2) is 42.5 Å². The van der Waals surface area contributed by atoms with Gasteiger partial charge in [0.15, 0.2) is 5.13 Å². The van der Waals surface area contributed by atoms with Crippen LogP contribution in [0, 0.1) is 20.8 Å². The molecule has 0 bridgehead atoms. The van der Waals surface area contributed by atoms with Crippen LogP contribution in [0.25, 0.3) is 0 Å². The predicted octanol–water partition coefficient (Wildman–Crippen LogP) is 4.75. The summed E-state index contributed by atoms with van der Waals surface area (Å²) in [4.78, 5) is 17.7. The second kappa shape index (κ2) is 6.45. The van der Waals surface area contributed by atoms with Crippen LogP contribution in [0.4, 0.5) is 10.8 Å². The van der Waals surface area contributed by atoms with Crippen LogP contribution >= 0.6 is 11.3 Å². The van der Waals surface area contributed by atoms with Gasteiger partial charge in [0, 0.05) is 11.3 Å². The van der Waals surface area contributed by atoms with Crippen molar-refractivity contribution < 1.29 is 9.90 Å². The van der Waals surface area contributed by atoms with E-state index in [0.717, 1.165) is 16.8 Å². The first-order chi connectivity index (χ1) is 11.5. The topological polar surface area (TPSA) is 62.2 Å². The van der Waals surface area contributed by atoms with E-state index < -0.39 is 0 Å². The Hall–Kier alpha value is -2.66. The monoisotopic (exact) mass is 338 g/mol. The van der Waals surface area contributed by atoms with E-state index in [1.807, 2.05) is 51.1 Å². The Morgan fingerprint density at radius 1 is 1.08 bits per heavy atom. The summed E-state index contributed by atoms with van der Waals surface area (Å²) in [7, 11) is 0. The van der Waals surface area contributed by atoms with E-state index in [1.54, 1.807) is 12.1 Å². The lowest BCUT2D eigenvalue weighted by Gasteiger charge is -2.08. The maximum atomic E-state index is 12.6. The molecular formula is C19H18N2O2S. The molecule has 2 N–H and O–H groups in total. The number of aromatic nitrogens is 1. The predicted molar refractivity (Wildman–Crippen MR) is 97.6 cm³/mol. The van der Waals surface area contributed by atoms with Crippen molar-refractivity contribution in [2.24, 2.45) is 0 Å². The normalized spacial score (nSPS) is 10.6. The minimum Gasteiger partial charge on any atom is -0.507 e. The minimum absolute atomic E-state index is 0.0169. The molecule has 0 amide bonds. The number of hydrogen-bond donors (Lipinski definition) is 2. The van der Waals surface area contributed by atoms with Gasteiger partial charge in [0.25, 0.3) is 0 Å². The van der Waals surface area contributed by atoms with Gasteiger partial charge in [-0.05, 0) is 44.0 Å². The van der Waals surface area contributed by atoms with Crippen molar-refractivity contribution in [3.63, 3.8) is 0 Å². The van der Waals surface area contributed by atoms with Gasteiger partial charge in [-0.1, -0.05) is 41.7 Å². The minimum atomic E-state index is -0.0169. The van der Waals surface area contributed by atoms with Crippen LogP contribution in [0.2, 0.25) is 0 Å². The van der Waals surface area contributed by atoms with Crippen molar-refractivity contribution in [1.82, 2.24) is 4.98 Å². The molecule has 0 aliphatic heterocycles. The number of aromatic hydroxyl groups is 1. The average Bonchev–Trinajstić information content (AvgIpc) is 2.93. The van der Waals surface area contributed by atoms with Crippen molar-refractivity contribution in [1.29, 1.82) is 0 Å². The molecule has 0 spiro atoms. The van der Waals surface area contributed by atoms with Gasteiger partial charge in [0.05, 0.1) is 10.6 Å². The van der Waals surface area contributed by atoms with Crippen LogP contribution in [0.1, 0.15) is 32.1 Å². The Bertz CT molecular complexity index is 878. The van der Waals surface area contributed by atoms with Crippen molar-refractivity contribution in [3.8, 4) is 5.75 Å². The molecule has 5 heteroatoms. The fraction of sp³-hybridized carbons (Fsp3) is 0.158. The maximum Gasteiger partial charge on any atom is 0.204 e. The molecule has 24 heavy (non-hydrogen) atoms. The van der Waals surface area contributed by atoms with Crippen molar-refractivity contribution in [3.05, 3.63) is 69.7 Å². The number of phenols is 1. The quantitative estimate of drug-likeness (QED) is 0.532. The first-order valence-corrected chi connectivity index (χ1v) is 8.42. The highest BCUT2D eigenvalue weighted by atomic mass is 32.1. The molecule has 0 aliphatic carbocycles. The number of nitrogens with one attached hydrogen (secondary N) is 1. The molecule has 0 fully saturated rings. The first-order valence-electron chi connectivity index (χ1n) is 7.60. The third-order valence-corrected chi connectivity index (χ3v) is 4.85. The average molecular weight is 338 g/mol. The fourth-order valence-corrected chi connectivity index (χ4v) is 3.48.